The van der Waals surface area contributed by atoms with Gasteiger partial charge in [0.15, 0.2) is 0 Å². The summed E-state index contributed by atoms with van der Waals surface area (Å²) in [6.45, 7) is 3.37. The highest BCUT2D eigenvalue weighted by molar-refractivity contribution is 7.09. The molecule has 1 heterocycles. The Bertz CT molecular complexity index is 972. The van der Waals surface area contributed by atoms with Gasteiger partial charge in [-0.15, -0.1) is 11.3 Å². The van der Waals surface area contributed by atoms with Gasteiger partial charge in [0.2, 0.25) is 5.91 Å². The number of halogens is 1. The van der Waals surface area contributed by atoms with Crippen LogP contribution in [-0.4, -0.2) is 29.9 Å². The third-order valence-electron chi connectivity index (χ3n) is 4.36. The number of carbonyl (C=O) groups excluding carboxylic acids is 1. The third-order valence-corrected chi connectivity index (χ3v) is 5.49. The fourth-order valence-electron chi connectivity index (χ4n) is 2.98. The summed E-state index contributed by atoms with van der Waals surface area (Å²) in [5.74, 6) is 0.750. The highest BCUT2D eigenvalue weighted by Gasteiger charge is 2.12. The third kappa shape index (κ3) is 6.29. The fourth-order valence-corrected chi connectivity index (χ4v) is 3.95. The quantitative estimate of drug-likeness (QED) is 0.551. The molecule has 0 atom stereocenters. The van der Waals surface area contributed by atoms with Crippen LogP contribution in [0.15, 0.2) is 47.8 Å². The molecule has 0 radical (unpaired) electrons. The van der Waals surface area contributed by atoms with Crippen LogP contribution in [0.4, 0.5) is 5.69 Å². The number of benzene rings is 2. The molecular weight excluding hydrogens is 406 g/mol. The monoisotopic (exact) mass is 429 g/mol. The summed E-state index contributed by atoms with van der Waals surface area (Å²) in [5, 5.41) is 6.40. The van der Waals surface area contributed by atoms with Crippen molar-refractivity contribution in [1.82, 2.24) is 9.88 Å². The van der Waals surface area contributed by atoms with E-state index in [0.717, 1.165) is 33.3 Å². The number of aromatic nitrogens is 1. The summed E-state index contributed by atoms with van der Waals surface area (Å²) in [4.78, 5) is 19.0. The van der Waals surface area contributed by atoms with Crippen molar-refractivity contribution >= 4 is 34.5 Å². The van der Waals surface area contributed by atoms with Crippen molar-refractivity contribution in [3.05, 3.63) is 74.7 Å². The zero-order valence-corrected chi connectivity index (χ0v) is 18.3. The molecule has 152 valence electrons. The Balaban J connectivity index is 1.55. The number of nitrogens with zero attached hydrogens (tertiary/aromatic N) is 2. The second-order valence-corrected chi connectivity index (χ2v) is 8.33. The van der Waals surface area contributed by atoms with Crippen molar-refractivity contribution in [1.29, 1.82) is 0 Å². The number of hydrogen-bond acceptors (Lipinski definition) is 5. The Kier molecular flexibility index (Phi) is 7.25. The van der Waals surface area contributed by atoms with E-state index in [4.69, 9.17) is 16.3 Å². The molecule has 0 fully saturated rings. The number of amides is 1. The van der Waals surface area contributed by atoms with Gasteiger partial charge >= 0.3 is 0 Å². The second-order valence-electron chi connectivity index (χ2n) is 6.95. The van der Waals surface area contributed by atoms with E-state index in [2.05, 4.69) is 15.2 Å². The second kappa shape index (κ2) is 9.87. The van der Waals surface area contributed by atoms with Crippen molar-refractivity contribution in [2.75, 3.05) is 19.5 Å². The summed E-state index contributed by atoms with van der Waals surface area (Å²) >= 11 is 7.62. The van der Waals surface area contributed by atoms with Gasteiger partial charge in [-0.25, -0.2) is 4.98 Å². The van der Waals surface area contributed by atoms with E-state index in [1.165, 1.54) is 11.3 Å². The van der Waals surface area contributed by atoms with Crippen LogP contribution in [0.2, 0.25) is 5.02 Å². The molecule has 0 spiro atoms. The molecule has 0 bridgehead atoms. The topological polar surface area (TPSA) is 54.5 Å². The lowest BCUT2D eigenvalue weighted by Crippen LogP contribution is -2.18. The standard InChI is InChI=1S/C22H24ClN3O2S/c1-15-4-7-18(8-5-15)24-21(27)11-22-25-19(14-29-22)13-26(2)12-16-10-17(23)6-9-20(16)28-3/h4-10,14H,11-13H2,1-3H3,(H,24,27). The maximum atomic E-state index is 12.3. The Labute approximate surface area is 180 Å². The molecule has 1 aromatic heterocycles. The van der Waals surface area contributed by atoms with Gasteiger partial charge in [-0.05, 0) is 44.3 Å². The van der Waals surface area contributed by atoms with Crippen LogP contribution >= 0.6 is 22.9 Å². The number of ether oxygens (including phenoxy) is 1. The Hall–Kier alpha value is -2.41. The molecule has 0 saturated heterocycles. The maximum absolute atomic E-state index is 12.3. The highest BCUT2D eigenvalue weighted by Crippen LogP contribution is 2.24. The lowest BCUT2D eigenvalue weighted by atomic mass is 10.2. The van der Waals surface area contributed by atoms with Gasteiger partial charge in [0, 0.05) is 34.7 Å². The number of nitrogens with one attached hydrogen (secondary N) is 1. The summed E-state index contributed by atoms with van der Waals surface area (Å²) in [5.41, 5.74) is 3.92. The largest absolute Gasteiger partial charge is 0.496 e. The summed E-state index contributed by atoms with van der Waals surface area (Å²) < 4.78 is 5.41. The zero-order chi connectivity index (χ0) is 20.8. The van der Waals surface area contributed by atoms with Crippen LogP contribution in [0.3, 0.4) is 0 Å². The minimum atomic E-state index is -0.0632. The van der Waals surface area contributed by atoms with E-state index in [9.17, 15) is 4.79 Å². The molecular formula is C22H24ClN3O2S. The average molecular weight is 430 g/mol. The molecule has 29 heavy (non-hydrogen) atoms. The minimum Gasteiger partial charge on any atom is -0.496 e. The molecule has 1 amide bonds. The van der Waals surface area contributed by atoms with E-state index < -0.39 is 0 Å². The number of hydrogen-bond donors (Lipinski definition) is 1. The molecule has 0 aliphatic heterocycles. The highest BCUT2D eigenvalue weighted by atomic mass is 35.5. The molecule has 0 aliphatic carbocycles. The van der Waals surface area contributed by atoms with Crippen LogP contribution in [0.5, 0.6) is 5.75 Å². The first-order valence-electron chi connectivity index (χ1n) is 9.23. The Morgan fingerprint density at radius 2 is 1.97 bits per heavy atom. The van der Waals surface area contributed by atoms with E-state index in [1.54, 1.807) is 7.11 Å². The van der Waals surface area contributed by atoms with Gasteiger partial charge in [0.25, 0.3) is 0 Å². The lowest BCUT2D eigenvalue weighted by molar-refractivity contribution is -0.115. The molecule has 5 nitrogen and oxygen atoms in total. The molecule has 1 N–H and O–H groups in total. The summed E-state index contributed by atoms with van der Waals surface area (Å²) in [6, 6.07) is 13.4. The van der Waals surface area contributed by atoms with Crippen LogP contribution in [-0.2, 0) is 24.3 Å². The zero-order valence-electron chi connectivity index (χ0n) is 16.7. The molecule has 3 aromatic rings. The van der Waals surface area contributed by atoms with Crippen LogP contribution < -0.4 is 10.1 Å². The van der Waals surface area contributed by atoms with Crippen molar-refractivity contribution in [2.24, 2.45) is 0 Å². The predicted molar refractivity (Wildman–Crippen MR) is 119 cm³/mol. The number of methoxy groups -OCH3 is 1. The van der Waals surface area contributed by atoms with Gasteiger partial charge in [-0.2, -0.15) is 0 Å². The Morgan fingerprint density at radius 1 is 1.21 bits per heavy atom. The molecule has 0 aliphatic rings. The van der Waals surface area contributed by atoms with Gasteiger partial charge in [-0.1, -0.05) is 29.3 Å². The van der Waals surface area contributed by atoms with E-state index >= 15 is 0 Å². The molecule has 2 aromatic carbocycles. The predicted octanol–water partition coefficient (Wildman–Crippen LogP) is 4.93. The van der Waals surface area contributed by atoms with Crippen molar-refractivity contribution in [3.63, 3.8) is 0 Å². The number of carbonyl (C=O) groups is 1. The average Bonchev–Trinajstić information content (AvgIpc) is 3.10. The van der Waals surface area contributed by atoms with Crippen molar-refractivity contribution in [3.8, 4) is 5.75 Å². The summed E-state index contributed by atoms with van der Waals surface area (Å²) in [7, 11) is 3.67. The number of anilines is 1. The lowest BCUT2D eigenvalue weighted by Gasteiger charge is -2.17. The van der Waals surface area contributed by atoms with Crippen LogP contribution in [0, 0.1) is 6.92 Å². The molecule has 0 saturated carbocycles. The SMILES string of the molecule is COc1ccc(Cl)cc1CN(C)Cc1csc(CC(=O)Nc2ccc(C)cc2)n1. The van der Waals surface area contributed by atoms with Gasteiger partial charge in [0.1, 0.15) is 10.8 Å². The normalized spacial score (nSPS) is 10.9. The van der Waals surface area contributed by atoms with E-state index in [0.29, 0.717) is 18.1 Å². The van der Waals surface area contributed by atoms with E-state index in [1.807, 2.05) is 61.8 Å². The van der Waals surface area contributed by atoms with Crippen molar-refractivity contribution in [2.45, 2.75) is 26.4 Å². The van der Waals surface area contributed by atoms with Crippen LogP contribution in [0.1, 0.15) is 21.8 Å². The first kappa shape index (κ1) is 21.3. The Morgan fingerprint density at radius 3 is 2.69 bits per heavy atom. The van der Waals surface area contributed by atoms with Crippen molar-refractivity contribution < 1.29 is 9.53 Å². The van der Waals surface area contributed by atoms with Gasteiger partial charge in [0.05, 0.1) is 19.2 Å². The molecule has 3 rings (SSSR count). The van der Waals surface area contributed by atoms with E-state index in [-0.39, 0.29) is 12.3 Å². The first-order valence-corrected chi connectivity index (χ1v) is 10.5. The number of rotatable bonds is 8. The molecule has 0 unspecified atom stereocenters. The smallest absolute Gasteiger partial charge is 0.231 e. The number of aryl methyl sites for hydroxylation is 1. The van der Waals surface area contributed by atoms with Crippen LogP contribution in [0.25, 0.3) is 0 Å². The molecule has 7 heteroatoms. The maximum Gasteiger partial charge on any atom is 0.231 e. The minimum absolute atomic E-state index is 0.0632. The summed E-state index contributed by atoms with van der Waals surface area (Å²) in [6.07, 6.45) is 0.268. The van der Waals surface area contributed by atoms with Gasteiger partial charge < -0.3 is 10.1 Å². The first-order chi connectivity index (χ1) is 13.9. The number of thiazole rings is 1. The van der Waals surface area contributed by atoms with Gasteiger partial charge in [-0.3, -0.25) is 9.69 Å². The fraction of sp³-hybridized carbons (Fsp3) is 0.273.